The molecule has 2 aromatic heterocycles. The molecule has 0 atom stereocenters. The van der Waals surface area contributed by atoms with Crippen molar-refractivity contribution in [2.24, 2.45) is 5.73 Å². The van der Waals surface area contributed by atoms with E-state index in [4.69, 9.17) is 5.73 Å². The minimum absolute atomic E-state index is 0.415. The van der Waals surface area contributed by atoms with Crippen LogP contribution in [-0.4, -0.2) is 27.3 Å². The average molecular weight is 346 g/mol. The summed E-state index contributed by atoms with van der Waals surface area (Å²) in [6, 6.07) is 11.5. The van der Waals surface area contributed by atoms with Crippen LogP contribution >= 0.6 is 0 Å². The number of nitrogens with one attached hydrogen (secondary N) is 1. The Morgan fingerprint density at radius 3 is 2.77 bits per heavy atom. The first-order valence-corrected chi connectivity index (χ1v) is 8.92. The van der Waals surface area contributed by atoms with Gasteiger partial charge < -0.3 is 15.6 Å². The first kappa shape index (κ1) is 16.4. The van der Waals surface area contributed by atoms with Gasteiger partial charge in [-0.2, -0.15) is 0 Å². The van der Waals surface area contributed by atoms with Crippen molar-refractivity contribution in [3.8, 4) is 11.1 Å². The Hall–Kier alpha value is -3.08. The van der Waals surface area contributed by atoms with Gasteiger partial charge in [-0.15, -0.1) is 0 Å². The molecule has 1 saturated heterocycles. The molecule has 1 fully saturated rings. The predicted molar refractivity (Wildman–Crippen MR) is 103 cm³/mol. The predicted octanol–water partition coefficient (Wildman–Crippen LogP) is 3.83. The number of hydrogen-bond acceptors (Lipinski definition) is 3. The standard InChI is InChI=1S/C21H22N4O/c1-14-5-2-3-12-25(14)13-18-19(17-6-4-11-23-21(17)24-18)15-7-9-16(10-8-15)20(22)26/h4,6-11H,1-3,5,12-13H2,(H2,22,26)(H,23,24). The number of primary amides is 1. The van der Waals surface area contributed by atoms with Gasteiger partial charge in [0.25, 0.3) is 0 Å². The summed E-state index contributed by atoms with van der Waals surface area (Å²) < 4.78 is 0. The van der Waals surface area contributed by atoms with E-state index in [0.29, 0.717) is 5.56 Å². The van der Waals surface area contributed by atoms with Crippen LogP contribution in [0.5, 0.6) is 0 Å². The van der Waals surface area contributed by atoms with Crippen LogP contribution in [0.25, 0.3) is 22.2 Å². The number of carbonyl (C=O) groups excluding carboxylic acids is 1. The Labute approximate surface area is 152 Å². The van der Waals surface area contributed by atoms with E-state index >= 15 is 0 Å². The third kappa shape index (κ3) is 2.96. The van der Waals surface area contributed by atoms with E-state index in [1.54, 1.807) is 18.3 Å². The number of benzene rings is 1. The second-order valence-corrected chi connectivity index (χ2v) is 6.76. The van der Waals surface area contributed by atoms with Crippen molar-refractivity contribution in [3.05, 3.63) is 66.1 Å². The van der Waals surface area contributed by atoms with E-state index < -0.39 is 5.91 Å². The Kier molecular flexibility index (Phi) is 4.21. The third-order valence-electron chi connectivity index (χ3n) is 5.05. The van der Waals surface area contributed by atoms with Gasteiger partial charge >= 0.3 is 0 Å². The minimum atomic E-state index is -0.415. The summed E-state index contributed by atoms with van der Waals surface area (Å²) in [4.78, 5) is 21.7. The molecule has 0 radical (unpaired) electrons. The minimum Gasteiger partial charge on any atom is -0.369 e. The molecule has 3 heterocycles. The van der Waals surface area contributed by atoms with Gasteiger partial charge in [-0.1, -0.05) is 18.7 Å². The zero-order chi connectivity index (χ0) is 18.1. The number of amides is 1. The van der Waals surface area contributed by atoms with Crippen molar-refractivity contribution in [2.75, 3.05) is 6.54 Å². The van der Waals surface area contributed by atoms with Gasteiger partial charge in [0.2, 0.25) is 5.91 Å². The maximum atomic E-state index is 11.4. The summed E-state index contributed by atoms with van der Waals surface area (Å²) in [6.07, 6.45) is 5.26. The number of fused-ring (bicyclic) bond motifs is 1. The maximum absolute atomic E-state index is 11.4. The topological polar surface area (TPSA) is 75.0 Å². The molecule has 3 aromatic rings. The third-order valence-corrected chi connectivity index (χ3v) is 5.05. The van der Waals surface area contributed by atoms with Crippen LogP contribution in [0.3, 0.4) is 0 Å². The van der Waals surface area contributed by atoms with Gasteiger partial charge in [-0.05, 0) is 49.1 Å². The normalized spacial score (nSPS) is 14.8. The van der Waals surface area contributed by atoms with Crippen LogP contribution in [0, 0.1) is 0 Å². The number of likely N-dealkylation sites (tertiary alicyclic amines) is 1. The first-order chi connectivity index (χ1) is 12.6. The van der Waals surface area contributed by atoms with Crippen LogP contribution in [0.1, 0.15) is 35.3 Å². The Morgan fingerprint density at radius 1 is 1.23 bits per heavy atom. The highest BCUT2D eigenvalue weighted by Gasteiger charge is 2.19. The first-order valence-electron chi connectivity index (χ1n) is 8.92. The van der Waals surface area contributed by atoms with E-state index in [2.05, 4.69) is 27.5 Å². The van der Waals surface area contributed by atoms with E-state index in [1.807, 2.05) is 18.2 Å². The van der Waals surface area contributed by atoms with Gasteiger partial charge in [0.05, 0.1) is 6.54 Å². The van der Waals surface area contributed by atoms with Crippen molar-refractivity contribution in [2.45, 2.75) is 25.8 Å². The number of hydrogen-bond donors (Lipinski definition) is 2. The fourth-order valence-electron chi connectivity index (χ4n) is 3.65. The lowest BCUT2D eigenvalue weighted by Crippen LogP contribution is -2.27. The van der Waals surface area contributed by atoms with E-state index in [0.717, 1.165) is 47.4 Å². The van der Waals surface area contributed by atoms with Gasteiger partial charge in [-0.3, -0.25) is 4.79 Å². The van der Waals surface area contributed by atoms with E-state index in [-0.39, 0.29) is 0 Å². The number of rotatable bonds is 4. The lowest BCUT2D eigenvalue weighted by molar-refractivity contribution is 0.100. The SMILES string of the molecule is C=C1CCCCN1Cc1[nH]c2ncccc2c1-c1ccc(C(N)=O)cc1. The number of nitrogens with zero attached hydrogens (tertiary/aromatic N) is 2. The molecule has 0 unspecified atom stereocenters. The number of H-pyrrole nitrogens is 1. The molecular formula is C21H22N4O. The molecule has 1 aromatic carbocycles. The Balaban J connectivity index is 1.78. The Bertz CT molecular complexity index is 971. The fourth-order valence-corrected chi connectivity index (χ4v) is 3.65. The molecule has 5 nitrogen and oxygen atoms in total. The van der Waals surface area contributed by atoms with Crippen LogP contribution in [0.4, 0.5) is 0 Å². The van der Waals surface area contributed by atoms with Crippen molar-refractivity contribution >= 4 is 16.9 Å². The molecule has 0 spiro atoms. The van der Waals surface area contributed by atoms with Crippen molar-refractivity contribution in [1.29, 1.82) is 0 Å². The second kappa shape index (κ2) is 6.67. The lowest BCUT2D eigenvalue weighted by Gasteiger charge is -2.31. The van der Waals surface area contributed by atoms with Gasteiger partial charge in [-0.25, -0.2) is 4.98 Å². The largest absolute Gasteiger partial charge is 0.369 e. The van der Waals surface area contributed by atoms with Crippen molar-refractivity contribution < 1.29 is 4.79 Å². The second-order valence-electron chi connectivity index (χ2n) is 6.76. The number of piperidine rings is 1. The quantitative estimate of drug-likeness (QED) is 0.754. The Morgan fingerprint density at radius 2 is 2.04 bits per heavy atom. The summed E-state index contributed by atoms with van der Waals surface area (Å²) in [6.45, 7) is 6.03. The smallest absolute Gasteiger partial charge is 0.248 e. The number of aromatic amines is 1. The number of nitrogens with two attached hydrogens (primary N) is 1. The molecule has 0 bridgehead atoms. The van der Waals surface area contributed by atoms with E-state index in [1.165, 1.54) is 18.5 Å². The summed E-state index contributed by atoms with van der Waals surface area (Å²) in [7, 11) is 0. The summed E-state index contributed by atoms with van der Waals surface area (Å²) in [5, 5.41) is 1.08. The number of allylic oxidation sites excluding steroid dienone is 1. The number of carbonyl (C=O) groups is 1. The molecule has 0 aliphatic carbocycles. The van der Waals surface area contributed by atoms with Gasteiger partial charge in [0.15, 0.2) is 0 Å². The highest BCUT2D eigenvalue weighted by molar-refractivity contribution is 5.97. The molecule has 1 aliphatic rings. The molecule has 3 N–H and O–H groups in total. The molecule has 0 saturated carbocycles. The van der Waals surface area contributed by atoms with Crippen LogP contribution < -0.4 is 5.73 Å². The molecule has 4 rings (SSSR count). The molecule has 1 aliphatic heterocycles. The number of aromatic nitrogens is 2. The highest BCUT2D eigenvalue weighted by Crippen LogP contribution is 2.33. The zero-order valence-corrected chi connectivity index (χ0v) is 14.7. The van der Waals surface area contributed by atoms with Gasteiger partial charge in [0, 0.05) is 40.6 Å². The van der Waals surface area contributed by atoms with E-state index in [9.17, 15) is 4.79 Å². The monoisotopic (exact) mass is 346 g/mol. The van der Waals surface area contributed by atoms with Crippen molar-refractivity contribution in [3.63, 3.8) is 0 Å². The maximum Gasteiger partial charge on any atom is 0.248 e. The fraction of sp³-hybridized carbons (Fsp3) is 0.238. The summed E-state index contributed by atoms with van der Waals surface area (Å²) in [5.41, 5.74) is 11.2. The molecule has 5 heteroatoms. The zero-order valence-electron chi connectivity index (χ0n) is 14.7. The molecule has 132 valence electrons. The molecule has 1 amide bonds. The summed E-state index contributed by atoms with van der Waals surface area (Å²) in [5.74, 6) is -0.415. The average Bonchev–Trinajstić information content (AvgIpc) is 3.01. The lowest BCUT2D eigenvalue weighted by atomic mass is 10.00. The van der Waals surface area contributed by atoms with Crippen LogP contribution in [0.15, 0.2) is 54.9 Å². The molecular weight excluding hydrogens is 324 g/mol. The molecule has 26 heavy (non-hydrogen) atoms. The van der Waals surface area contributed by atoms with Gasteiger partial charge in [0.1, 0.15) is 5.65 Å². The van der Waals surface area contributed by atoms with Crippen LogP contribution in [-0.2, 0) is 6.54 Å². The van der Waals surface area contributed by atoms with Crippen LogP contribution in [0.2, 0.25) is 0 Å². The summed E-state index contributed by atoms with van der Waals surface area (Å²) >= 11 is 0. The highest BCUT2D eigenvalue weighted by atomic mass is 16.1. The van der Waals surface area contributed by atoms with Crippen molar-refractivity contribution in [1.82, 2.24) is 14.9 Å². The number of pyridine rings is 1.